The minimum atomic E-state index is -0.412. The summed E-state index contributed by atoms with van der Waals surface area (Å²) in [6.07, 6.45) is 1.52. The van der Waals surface area contributed by atoms with Gasteiger partial charge in [-0.05, 0) is 46.3 Å². The van der Waals surface area contributed by atoms with Gasteiger partial charge in [0.2, 0.25) is 0 Å². The SMILES string of the molecule is CC1CC[C@@H](N)c2c(F)c(Br)cc(F)c21. The summed E-state index contributed by atoms with van der Waals surface area (Å²) < 4.78 is 27.6. The van der Waals surface area contributed by atoms with Crippen molar-refractivity contribution >= 4 is 15.9 Å². The van der Waals surface area contributed by atoms with Gasteiger partial charge in [-0.3, -0.25) is 0 Å². The number of nitrogens with two attached hydrogens (primary N) is 1. The summed E-state index contributed by atoms with van der Waals surface area (Å²) >= 11 is 3.00. The number of fused-ring (bicyclic) bond motifs is 1. The first-order valence-corrected chi connectivity index (χ1v) is 5.74. The van der Waals surface area contributed by atoms with Gasteiger partial charge >= 0.3 is 0 Å². The van der Waals surface area contributed by atoms with Gasteiger partial charge in [-0.1, -0.05) is 6.92 Å². The van der Waals surface area contributed by atoms with E-state index in [1.807, 2.05) is 6.92 Å². The molecule has 2 atom stereocenters. The number of halogens is 3. The van der Waals surface area contributed by atoms with Crippen molar-refractivity contribution in [2.75, 3.05) is 0 Å². The summed E-state index contributed by atoms with van der Waals surface area (Å²) in [5.74, 6) is -0.728. The number of benzene rings is 1. The van der Waals surface area contributed by atoms with Gasteiger partial charge in [-0.15, -0.1) is 0 Å². The molecule has 15 heavy (non-hydrogen) atoms. The van der Waals surface area contributed by atoms with E-state index in [9.17, 15) is 8.78 Å². The Labute approximate surface area is 95.8 Å². The molecular weight excluding hydrogens is 264 g/mol. The molecule has 0 aromatic heterocycles. The second-order valence-electron chi connectivity index (χ2n) is 4.07. The highest BCUT2D eigenvalue weighted by Gasteiger charge is 2.29. The highest BCUT2D eigenvalue weighted by molar-refractivity contribution is 9.10. The molecule has 0 saturated heterocycles. The fourth-order valence-corrected chi connectivity index (χ4v) is 2.62. The quantitative estimate of drug-likeness (QED) is 0.719. The molecule has 2 N–H and O–H groups in total. The zero-order valence-corrected chi connectivity index (χ0v) is 9.94. The van der Waals surface area contributed by atoms with Gasteiger partial charge in [-0.2, -0.15) is 0 Å². The fourth-order valence-electron chi connectivity index (χ4n) is 2.21. The zero-order chi connectivity index (χ0) is 11.2. The number of rotatable bonds is 0. The molecule has 0 heterocycles. The van der Waals surface area contributed by atoms with Crippen LogP contribution < -0.4 is 5.73 Å². The first-order chi connectivity index (χ1) is 7.02. The van der Waals surface area contributed by atoms with Crippen molar-refractivity contribution in [2.24, 2.45) is 5.73 Å². The molecule has 0 radical (unpaired) electrons. The van der Waals surface area contributed by atoms with Crippen LogP contribution in [-0.4, -0.2) is 0 Å². The van der Waals surface area contributed by atoms with Crippen LogP contribution in [0.15, 0.2) is 10.5 Å². The van der Waals surface area contributed by atoms with Crippen LogP contribution in [0.25, 0.3) is 0 Å². The van der Waals surface area contributed by atoms with Crippen LogP contribution in [0.3, 0.4) is 0 Å². The molecule has 2 rings (SSSR count). The molecule has 1 unspecified atom stereocenters. The maximum atomic E-state index is 13.8. The third-order valence-electron chi connectivity index (χ3n) is 3.02. The molecule has 82 valence electrons. The van der Waals surface area contributed by atoms with E-state index >= 15 is 0 Å². The molecule has 0 saturated carbocycles. The normalized spacial score (nSPS) is 25.1. The molecule has 1 aromatic carbocycles. The Morgan fingerprint density at radius 1 is 1.33 bits per heavy atom. The minimum absolute atomic E-state index is 0.0439. The third kappa shape index (κ3) is 1.70. The predicted octanol–water partition coefficient (Wildman–Crippen LogP) is 3.62. The standard InChI is InChI=1S/C11H12BrF2N/c1-5-2-3-8(15)10-9(5)7(13)4-6(12)11(10)14/h4-5,8H,2-3,15H2,1H3/t5?,8-/m1/s1. The van der Waals surface area contributed by atoms with E-state index in [1.54, 1.807) is 0 Å². The maximum absolute atomic E-state index is 13.8. The first-order valence-electron chi connectivity index (χ1n) is 4.95. The van der Waals surface area contributed by atoms with Crippen molar-refractivity contribution in [2.45, 2.75) is 31.7 Å². The third-order valence-corrected chi connectivity index (χ3v) is 3.60. The van der Waals surface area contributed by atoms with Crippen LogP contribution in [-0.2, 0) is 0 Å². The van der Waals surface area contributed by atoms with Gasteiger partial charge in [0.15, 0.2) is 0 Å². The van der Waals surface area contributed by atoms with Crippen LogP contribution in [0.1, 0.15) is 42.9 Å². The van der Waals surface area contributed by atoms with Crippen molar-refractivity contribution in [1.29, 1.82) is 0 Å². The Hall–Kier alpha value is -0.480. The van der Waals surface area contributed by atoms with Gasteiger partial charge in [0.1, 0.15) is 11.6 Å². The summed E-state index contributed by atoms with van der Waals surface area (Å²) in [4.78, 5) is 0. The number of hydrogen-bond acceptors (Lipinski definition) is 1. The van der Waals surface area contributed by atoms with Crippen LogP contribution in [0.5, 0.6) is 0 Å². The summed E-state index contributed by atoms with van der Waals surface area (Å²) in [7, 11) is 0. The molecule has 0 bridgehead atoms. The van der Waals surface area contributed by atoms with Gasteiger partial charge in [0.25, 0.3) is 0 Å². The van der Waals surface area contributed by atoms with Crippen molar-refractivity contribution in [1.82, 2.24) is 0 Å². The zero-order valence-electron chi connectivity index (χ0n) is 8.36. The van der Waals surface area contributed by atoms with Gasteiger partial charge in [-0.25, -0.2) is 8.78 Å². The maximum Gasteiger partial charge on any atom is 0.142 e. The monoisotopic (exact) mass is 275 g/mol. The summed E-state index contributed by atoms with van der Waals surface area (Å²) in [5, 5.41) is 0. The van der Waals surface area contributed by atoms with Gasteiger partial charge in [0.05, 0.1) is 4.47 Å². The molecule has 1 aliphatic rings. The predicted molar refractivity (Wildman–Crippen MR) is 58.6 cm³/mol. The average molecular weight is 276 g/mol. The number of hydrogen-bond donors (Lipinski definition) is 1. The van der Waals surface area contributed by atoms with Crippen LogP contribution >= 0.6 is 15.9 Å². The van der Waals surface area contributed by atoms with Crippen molar-refractivity contribution in [3.8, 4) is 0 Å². The molecule has 0 fully saturated rings. The fraction of sp³-hybridized carbons (Fsp3) is 0.455. The second kappa shape index (κ2) is 3.83. The lowest BCUT2D eigenvalue weighted by Crippen LogP contribution is -2.22. The first kappa shape index (κ1) is 11.0. The second-order valence-corrected chi connectivity index (χ2v) is 4.92. The van der Waals surface area contributed by atoms with Gasteiger partial charge in [0, 0.05) is 11.6 Å². The van der Waals surface area contributed by atoms with Crippen molar-refractivity contribution < 1.29 is 8.78 Å². The average Bonchev–Trinajstić information content (AvgIpc) is 2.18. The smallest absolute Gasteiger partial charge is 0.142 e. The Morgan fingerprint density at radius 2 is 2.00 bits per heavy atom. The Balaban J connectivity index is 2.71. The van der Waals surface area contributed by atoms with E-state index in [4.69, 9.17) is 5.73 Å². The topological polar surface area (TPSA) is 26.0 Å². The van der Waals surface area contributed by atoms with Crippen molar-refractivity contribution in [3.63, 3.8) is 0 Å². The molecule has 0 aliphatic heterocycles. The van der Waals surface area contributed by atoms with E-state index in [2.05, 4.69) is 15.9 Å². The van der Waals surface area contributed by atoms with Crippen LogP contribution in [0.4, 0.5) is 8.78 Å². The largest absolute Gasteiger partial charge is 0.324 e. The van der Waals surface area contributed by atoms with E-state index < -0.39 is 5.82 Å². The summed E-state index contributed by atoms with van der Waals surface area (Å²) in [6, 6.07) is 0.797. The van der Waals surface area contributed by atoms with E-state index in [1.165, 1.54) is 6.07 Å². The highest BCUT2D eigenvalue weighted by Crippen LogP contribution is 2.40. The van der Waals surface area contributed by atoms with E-state index in [0.29, 0.717) is 17.5 Å². The van der Waals surface area contributed by atoms with Crippen LogP contribution in [0, 0.1) is 11.6 Å². The Morgan fingerprint density at radius 3 is 2.67 bits per heavy atom. The summed E-state index contributed by atoms with van der Waals surface area (Å²) in [6.45, 7) is 1.90. The molecule has 1 nitrogen and oxygen atoms in total. The Bertz CT molecular complexity index is 406. The summed E-state index contributed by atoms with van der Waals surface area (Å²) in [5.41, 5.74) is 6.62. The Kier molecular flexibility index (Phi) is 2.81. The van der Waals surface area contributed by atoms with E-state index in [-0.39, 0.29) is 22.2 Å². The molecule has 4 heteroatoms. The lowest BCUT2D eigenvalue weighted by Gasteiger charge is -2.28. The molecule has 1 aromatic rings. The van der Waals surface area contributed by atoms with Crippen molar-refractivity contribution in [3.05, 3.63) is 33.3 Å². The molecular formula is C11H12BrF2N. The highest BCUT2D eigenvalue weighted by atomic mass is 79.9. The molecule has 0 spiro atoms. The van der Waals surface area contributed by atoms with Gasteiger partial charge < -0.3 is 5.73 Å². The molecule has 0 amide bonds. The minimum Gasteiger partial charge on any atom is -0.324 e. The lowest BCUT2D eigenvalue weighted by atomic mass is 9.81. The molecule has 1 aliphatic carbocycles. The van der Waals surface area contributed by atoms with E-state index in [0.717, 1.165) is 6.42 Å². The van der Waals surface area contributed by atoms with Crippen LogP contribution in [0.2, 0.25) is 0 Å². The lowest BCUT2D eigenvalue weighted by molar-refractivity contribution is 0.454.